The summed E-state index contributed by atoms with van der Waals surface area (Å²) in [5.74, 6) is 0.352. The topological polar surface area (TPSA) is 24.4 Å². The second-order valence-corrected chi connectivity index (χ2v) is 2.39. The zero-order chi connectivity index (χ0) is 6.15. The van der Waals surface area contributed by atoms with Gasteiger partial charge in [-0.2, -0.15) is 5.10 Å². The van der Waals surface area contributed by atoms with Crippen molar-refractivity contribution in [2.24, 2.45) is 11.0 Å². The first-order valence-electron chi connectivity index (χ1n) is 2.56. The predicted molar refractivity (Wildman–Crippen MR) is 38.0 cm³/mol. The van der Waals surface area contributed by atoms with Crippen molar-refractivity contribution in [3.8, 4) is 0 Å². The van der Waals surface area contributed by atoms with Crippen LogP contribution in [-0.2, 0) is 0 Å². The summed E-state index contributed by atoms with van der Waals surface area (Å²) in [5.41, 5.74) is 3.82. The predicted octanol–water partition coefficient (Wildman–Crippen LogP) is 0.929. The summed E-state index contributed by atoms with van der Waals surface area (Å²) in [4.78, 5) is 0.836. The molecule has 0 aliphatic carbocycles. The molecule has 0 aromatic heterocycles. The molecule has 1 aliphatic rings. The zero-order valence-corrected chi connectivity index (χ0v) is 5.75. The molecule has 1 aliphatic heterocycles. The van der Waals surface area contributed by atoms with E-state index in [1.807, 2.05) is 13.8 Å². The van der Waals surface area contributed by atoms with Crippen molar-refractivity contribution in [2.45, 2.75) is 13.8 Å². The Bertz CT molecular complexity index is 151. The van der Waals surface area contributed by atoms with E-state index < -0.39 is 0 Å². The highest BCUT2D eigenvalue weighted by molar-refractivity contribution is 7.80. The molecular formula is C5H8N2S. The van der Waals surface area contributed by atoms with E-state index in [0.29, 0.717) is 5.92 Å². The maximum atomic E-state index is 4.89. The fourth-order valence-corrected chi connectivity index (χ4v) is 0.743. The maximum Gasteiger partial charge on any atom is 0.105 e. The van der Waals surface area contributed by atoms with Crippen LogP contribution in [0.25, 0.3) is 0 Å². The standard InChI is InChI=1S/C5H8N2S/c1-3-4(2)6-7-5(3)8/h3H,1-2H3,(H,7,8). The van der Waals surface area contributed by atoms with Crippen molar-refractivity contribution in [1.29, 1.82) is 0 Å². The van der Waals surface area contributed by atoms with Crippen molar-refractivity contribution in [1.82, 2.24) is 5.43 Å². The second kappa shape index (κ2) is 1.82. The summed E-state index contributed by atoms with van der Waals surface area (Å²) >= 11 is 4.89. The van der Waals surface area contributed by atoms with Gasteiger partial charge >= 0.3 is 0 Å². The fraction of sp³-hybridized carbons (Fsp3) is 0.600. The van der Waals surface area contributed by atoms with Crippen molar-refractivity contribution in [3.63, 3.8) is 0 Å². The Kier molecular flexibility index (Phi) is 1.29. The van der Waals surface area contributed by atoms with E-state index in [-0.39, 0.29) is 0 Å². The van der Waals surface area contributed by atoms with Crippen LogP contribution in [0.3, 0.4) is 0 Å². The van der Waals surface area contributed by atoms with E-state index in [2.05, 4.69) is 10.5 Å². The average Bonchev–Trinajstić information content (AvgIpc) is 1.98. The van der Waals surface area contributed by atoms with Gasteiger partial charge in [0.25, 0.3) is 0 Å². The lowest BCUT2D eigenvalue weighted by molar-refractivity contribution is 1.04. The molecule has 44 valence electrons. The molecule has 8 heavy (non-hydrogen) atoms. The normalized spacial score (nSPS) is 27.5. The van der Waals surface area contributed by atoms with Crippen molar-refractivity contribution >= 4 is 22.9 Å². The van der Waals surface area contributed by atoms with E-state index in [1.54, 1.807) is 0 Å². The maximum absolute atomic E-state index is 4.89. The Balaban J connectivity index is 2.72. The highest BCUT2D eigenvalue weighted by Crippen LogP contribution is 2.05. The number of nitrogens with one attached hydrogen (secondary N) is 1. The molecule has 1 heterocycles. The molecule has 0 amide bonds. The minimum absolute atomic E-state index is 0.352. The highest BCUT2D eigenvalue weighted by atomic mass is 32.1. The van der Waals surface area contributed by atoms with Crippen molar-refractivity contribution < 1.29 is 0 Å². The summed E-state index contributed by atoms with van der Waals surface area (Å²) in [6.45, 7) is 4.01. The molecule has 0 spiro atoms. The molecule has 0 saturated heterocycles. The summed E-state index contributed by atoms with van der Waals surface area (Å²) in [5, 5.41) is 3.92. The van der Waals surface area contributed by atoms with Gasteiger partial charge in [-0.1, -0.05) is 19.1 Å². The van der Waals surface area contributed by atoms with Crippen LogP contribution in [0.2, 0.25) is 0 Å². The number of thiocarbonyl (C=S) groups is 1. The molecule has 0 fully saturated rings. The van der Waals surface area contributed by atoms with E-state index in [9.17, 15) is 0 Å². The van der Waals surface area contributed by atoms with E-state index >= 15 is 0 Å². The molecule has 0 aromatic carbocycles. The monoisotopic (exact) mass is 128 g/mol. The molecule has 1 N–H and O–H groups in total. The Morgan fingerprint density at radius 2 is 2.38 bits per heavy atom. The third kappa shape index (κ3) is 0.733. The lowest BCUT2D eigenvalue weighted by Crippen LogP contribution is -2.16. The minimum Gasteiger partial charge on any atom is -0.271 e. The molecule has 1 rings (SSSR count). The van der Waals surface area contributed by atoms with Crippen LogP contribution in [0, 0.1) is 5.92 Å². The van der Waals surface area contributed by atoms with Crippen LogP contribution < -0.4 is 5.43 Å². The Hall–Kier alpha value is -0.440. The lowest BCUT2D eigenvalue weighted by Gasteiger charge is -1.96. The molecule has 3 heteroatoms. The number of rotatable bonds is 0. The van der Waals surface area contributed by atoms with Gasteiger partial charge in [-0.15, -0.1) is 0 Å². The quantitative estimate of drug-likeness (QED) is 0.491. The smallest absolute Gasteiger partial charge is 0.105 e. The summed E-state index contributed by atoms with van der Waals surface area (Å²) in [6.07, 6.45) is 0. The number of nitrogens with zero attached hydrogens (tertiary/aromatic N) is 1. The molecule has 0 bridgehead atoms. The SMILES string of the molecule is CC1=NNC(=S)C1C. The first-order chi connectivity index (χ1) is 3.72. The van der Waals surface area contributed by atoms with E-state index in [0.717, 1.165) is 10.7 Å². The largest absolute Gasteiger partial charge is 0.271 e. The minimum atomic E-state index is 0.352. The molecule has 2 nitrogen and oxygen atoms in total. The molecule has 1 unspecified atom stereocenters. The first kappa shape index (κ1) is 5.69. The number of hydrogen-bond donors (Lipinski definition) is 1. The van der Waals surface area contributed by atoms with Crippen molar-refractivity contribution in [2.75, 3.05) is 0 Å². The first-order valence-corrected chi connectivity index (χ1v) is 2.96. The van der Waals surface area contributed by atoms with Crippen LogP contribution in [0.15, 0.2) is 5.10 Å². The van der Waals surface area contributed by atoms with E-state index in [1.165, 1.54) is 0 Å². The van der Waals surface area contributed by atoms with Gasteiger partial charge < -0.3 is 0 Å². The van der Waals surface area contributed by atoms with Gasteiger partial charge in [0.15, 0.2) is 0 Å². The van der Waals surface area contributed by atoms with Gasteiger partial charge in [-0.3, -0.25) is 5.43 Å². The zero-order valence-electron chi connectivity index (χ0n) is 4.93. The van der Waals surface area contributed by atoms with Gasteiger partial charge in [-0.05, 0) is 6.92 Å². The van der Waals surface area contributed by atoms with E-state index in [4.69, 9.17) is 12.2 Å². The molecule has 0 saturated carbocycles. The Morgan fingerprint density at radius 3 is 2.50 bits per heavy atom. The molecule has 0 aromatic rings. The Labute approximate surface area is 54.0 Å². The summed E-state index contributed by atoms with van der Waals surface area (Å²) in [7, 11) is 0. The van der Waals surface area contributed by atoms with Crippen LogP contribution in [0.1, 0.15) is 13.8 Å². The number of hydrazone groups is 1. The summed E-state index contributed by atoms with van der Waals surface area (Å²) < 4.78 is 0. The van der Waals surface area contributed by atoms with Crippen LogP contribution in [0.4, 0.5) is 0 Å². The molecule has 1 atom stereocenters. The van der Waals surface area contributed by atoms with Gasteiger partial charge in [0, 0.05) is 11.6 Å². The lowest BCUT2D eigenvalue weighted by atomic mass is 10.1. The van der Waals surface area contributed by atoms with Crippen molar-refractivity contribution in [3.05, 3.63) is 0 Å². The summed E-state index contributed by atoms with van der Waals surface area (Å²) in [6, 6.07) is 0. The van der Waals surface area contributed by atoms with Gasteiger partial charge in [0.1, 0.15) is 4.99 Å². The highest BCUT2D eigenvalue weighted by Gasteiger charge is 2.16. The van der Waals surface area contributed by atoms with Gasteiger partial charge in [-0.25, -0.2) is 0 Å². The average molecular weight is 128 g/mol. The third-order valence-corrected chi connectivity index (χ3v) is 1.81. The fourth-order valence-electron chi connectivity index (χ4n) is 0.527. The Morgan fingerprint density at radius 1 is 1.75 bits per heavy atom. The van der Waals surface area contributed by atoms with Gasteiger partial charge in [0.05, 0.1) is 0 Å². The molecule has 0 radical (unpaired) electrons. The van der Waals surface area contributed by atoms with Gasteiger partial charge in [0.2, 0.25) is 0 Å². The second-order valence-electron chi connectivity index (χ2n) is 1.95. The third-order valence-electron chi connectivity index (χ3n) is 1.36. The van der Waals surface area contributed by atoms with Crippen LogP contribution in [0.5, 0.6) is 0 Å². The number of hydrogen-bond acceptors (Lipinski definition) is 2. The van der Waals surface area contributed by atoms with Crippen LogP contribution >= 0.6 is 12.2 Å². The molecular weight excluding hydrogens is 120 g/mol. The van der Waals surface area contributed by atoms with Crippen LogP contribution in [-0.4, -0.2) is 10.7 Å².